The van der Waals surface area contributed by atoms with Gasteiger partial charge in [-0.1, -0.05) is 32.8 Å². The van der Waals surface area contributed by atoms with Gasteiger partial charge in [0.2, 0.25) is 0 Å². The average molecular weight is 450 g/mol. The first kappa shape index (κ1) is 24.6. The van der Waals surface area contributed by atoms with Crippen LogP contribution in [0.25, 0.3) is 5.57 Å². The van der Waals surface area contributed by atoms with Gasteiger partial charge < -0.3 is 15.1 Å². The van der Waals surface area contributed by atoms with Crippen molar-refractivity contribution in [1.82, 2.24) is 14.9 Å². The molecule has 0 saturated carbocycles. The van der Waals surface area contributed by atoms with Crippen molar-refractivity contribution in [2.24, 2.45) is 0 Å². The Hall–Kier alpha value is -3.06. The quantitative estimate of drug-likeness (QED) is 0.453. The molecule has 3 rings (SSSR count). The summed E-state index contributed by atoms with van der Waals surface area (Å²) in [5.41, 5.74) is 3.54. The average Bonchev–Trinajstić information content (AvgIpc) is 2.83. The number of ketones is 1. The standard InChI is InChI=1S/C26H35N5O2/c1-5-7-8-9-23(20(4)32)24-19(3)25(28-18-27-24)29-26(33)21-10-12-22(13-11-21)31-16-14-30(6-2)15-17-31/h9-13,18H,5-8,14-17H2,1-4H3,(H,27,28,29,33)/b23-9-. The first-order valence-corrected chi connectivity index (χ1v) is 11.9. The zero-order chi connectivity index (χ0) is 23.8. The van der Waals surface area contributed by atoms with E-state index in [1.807, 2.05) is 37.3 Å². The molecule has 33 heavy (non-hydrogen) atoms. The number of rotatable bonds is 9. The highest BCUT2D eigenvalue weighted by molar-refractivity contribution is 6.19. The number of Topliss-reactive ketones (excluding diaryl/α,β-unsaturated/α-hetero) is 1. The zero-order valence-corrected chi connectivity index (χ0v) is 20.2. The molecular formula is C26H35N5O2. The fourth-order valence-corrected chi connectivity index (χ4v) is 4.03. The van der Waals surface area contributed by atoms with Crippen LogP contribution in [0.3, 0.4) is 0 Å². The second-order valence-electron chi connectivity index (χ2n) is 8.43. The van der Waals surface area contributed by atoms with Crippen LogP contribution in [0.4, 0.5) is 11.5 Å². The minimum atomic E-state index is -0.232. The number of nitrogens with one attached hydrogen (secondary N) is 1. The van der Waals surface area contributed by atoms with Gasteiger partial charge in [-0.3, -0.25) is 9.59 Å². The third-order valence-corrected chi connectivity index (χ3v) is 6.17. The molecule has 0 spiro atoms. The lowest BCUT2D eigenvalue weighted by atomic mass is 10.0. The van der Waals surface area contributed by atoms with E-state index in [2.05, 4.69) is 38.9 Å². The first-order chi connectivity index (χ1) is 15.9. The Labute approximate surface area is 196 Å². The van der Waals surface area contributed by atoms with E-state index < -0.39 is 0 Å². The summed E-state index contributed by atoms with van der Waals surface area (Å²) in [6, 6.07) is 7.69. The van der Waals surface area contributed by atoms with Gasteiger partial charge in [0.25, 0.3) is 5.91 Å². The number of hydrogen-bond acceptors (Lipinski definition) is 6. The van der Waals surface area contributed by atoms with Gasteiger partial charge in [0.1, 0.15) is 12.1 Å². The molecule has 0 bridgehead atoms. The fourth-order valence-electron chi connectivity index (χ4n) is 4.03. The Balaban J connectivity index is 1.72. The zero-order valence-electron chi connectivity index (χ0n) is 20.2. The molecule has 1 aromatic carbocycles. The SMILES string of the molecule is CCCC/C=C(/C(C)=O)c1ncnc(NC(=O)c2ccc(N3CCN(CC)CC3)cc2)c1C. The molecule has 1 N–H and O–H groups in total. The smallest absolute Gasteiger partial charge is 0.256 e. The minimum Gasteiger partial charge on any atom is -0.369 e. The Morgan fingerprint density at radius 3 is 2.36 bits per heavy atom. The number of piperazine rings is 1. The number of hydrogen-bond donors (Lipinski definition) is 1. The fraction of sp³-hybridized carbons (Fsp3) is 0.462. The monoisotopic (exact) mass is 449 g/mol. The summed E-state index contributed by atoms with van der Waals surface area (Å²) in [6.07, 6.45) is 6.21. The number of carbonyl (C=O) groups excluding carboxylic acids is 2. The molecule has 0 unspecified atom stereocenters. The highest BCUT2D eigenvalue weighted by atomic mass is 16.1. The van der Waals surface area contributed by atoms with Gasteiger partial charge in [0.15, 0.2) is 5.78 Å². The molecule has 0 atom stereocenters. The van der Waals surface area contributed by atoms with Crippen LogP contribution in [0.1, 0.15) is 61.6 Å². The third-order valence-electron chi connectivity index (χ3n) is 6.17. The molecule has 1 aliphatic heterocycles. The van der Waals surface area contributed by atoms with Gasteiger partial charge in [-0.2, -0.15) is 0 Å². The maximum Gasteiger partial charge on any atom is 0.256 e. The van der Waals surface area contributed by atoms with E-state index in [0.29, 0.717) is 28.2 Å². The lowest BCUT2D eigenvalue weighted by Gasteiger charge is -2.35. The van der Waals surface area contributed by atoms with E-state index in [1.165, 1.54) is 6.33 Å². The number of carbonyl (C=O) groups is 2. The largest absolute Gasteiger partial charge is 0.369 e. The Morgan fingerprint density at radius 2 is 1.76 bits per heavy atom. The summed E-state index contributed by atoms with van der Waals surface area (Å²) in [5.74, 6) is 0.150. The van der Waals surface area contributed by atoms with Crippen molar-refractivity contribution in [2.45, 2.75) is 47.0 Å². The van der Waals surface area contributed by atoms with Crippen molar-refractivity contribution >= 4 is 28.8 Å². The highest BCUT2D eigenvalue weighted by Gasteiger charge is 2.18. The van der Waals surface area contributed by atoms with Crippen LogP contribution in [0.5, 0.6) is 0 Å². The Morgan fingerprint density at radius 1 is 1.06 bits per heavy atom. The molecule has 1 fully saturated rings. The molecule has 1 saturated heterocycles. The van der Waals surface area contributed by atoms with Gasteiger partial charge in [-0.05, 0) is 51.1 Å². The number of anilines is 2. The van der Waals surface area contributed by atoms with Crippen molar-refractivity contribution in [1.29, 1.82) is 0 Å². The van der Waals surface area contributed by atoms with Crippen LogP contribution in [0, 0.1) is 6.92 Å². The number of unbranched alkanes of at least 4 members (excludes halogenated alkanes) is 2. The van der Waals surface area contributed by atoms with E-state index in [-0.39, 0.29) is 11.7 Å². The molecule has 1 aliphatic rings. The summed E-state index contributed by atoms with van der Waals surface area (Å²) in [5, 5.41) is 2.89. The summed E-state index contributed by atoms with van der Waals surface area (Å²) in [7, 11) is 0. The van der Waals surface area contributed by atoms with E-state index in [9.17, 15) is 9.59 Å². The molecular weight excluding hydrogens is 414 g/mol. The van der Waals surface area contributed by atoms with E-state index in [0.717, 1.165) is 57.7 Å². The Kier molecular flexibility index (Phi) is 8.72. The van der Waals surface area contributed by atoms with Crippen molar-refractivity contribution < 1.29 is 9.59 Å². The molecule has 0 aliphatic carbocycles. The molecule has 2 aromatic rings. The van der Waals surface area contributed by atoms with Gasteiger partial charge in [0.05, 0.1) is 5.69 Å². The van der Waals surface area contributed by atoms with Crippen molar-refractivity contribution in [2.75, 3.05) is 42.9 Å². The molecule has 176 valence electrons. The maximum atomic E-state index is 12.9. The van der Waals surface area contributed by atoms with E-state index >= 15 is 0 Å². The second-order valence-corrected chi connectivity index (χ2v) is 8.43. The predicted molar refractivity (Wildman–Crippen MR) is 134 cm³/mol. The lowest BCUT2D eigenvalue weighted by Crippen LogP contribution is -2.46. The van der Waals surface area contributed by atoms with Crippen LogP contribution in [0.2, 0.25) is 0 Å². The summed E-state index contributed by atoms with van der Waals surface area (Å²) in [6.45, 7) is 12.9. The van der Waals surface area contributed by atoms with E-state index in [1.54, 1.807) is 6.92 Å². The van der Waals surface area contributed by atoms with Crippen LogP contribution < -0.4 is 10.2 Å². The molecule has 1 aromatic heterocycles. The summed E-state index contributed by atoms with van der Waals surface area (Å²) in [4.78, 5) is 38.5. The van der Waals surface area contributed by atoms with E-state index in [4.69, 9.17) is 0 Å². The van der Waals surface area contributed by atoms with Gasteiger partial charge in [0, 0.05) is 48.6 Å². The summed E-state index contributed by atoms with van der Waals surface area (Å²) >= 11 is 0. The molecule has 0 radical (unpaired) electrons. The van der Waals surface area contributed by atoms with Crippen LogP contribution in [-0.2, 0) is 4.79 Å². The van der Waals surface area contributed by atoms with Gasteiger partial charge in [-0.15, -0.1) is 0 Å². The first-order valence-electron chi connectivity index (χ1n) is 11.9. The molecule has 7 nitrogen and oxygen atoms in total. The number of likely N-dealkylation sites (N-methyl/N-ethyl adjacent to an activating group) is 1. The molecule has 7 heteroatoms. The van der Waals surface area contributed by atoms with Crippen molar-refractivity contribution in [3.63, 3.8) is 0 Å². The minimum absolute atomic E-state index is 0.0412. The second kappa shape index (κ2) is 11.7. The normalized spacial score (nSPS) is 14.9. The van der Waals surface area contributed by atoms with Crippen LogP contribution >= 0.6 is 0 Å². The van der Waals surface area contributed by atoms with Gasteiger partial charge >= 0.3 is 0 Å². The van der Waals surface area contributed by atoms with Crippen LogP contribution in [0.15, 0.2) is 36.7 Å². The topological polar surface area (TPSA) is 78.4 Å². The number of nitrogens with zero attached hydrogens (tertiary/aromatic N) is 4. The maximum absolute atomic E-state index is 12.9. The van der Waals surface area contributed by atoms with Crippen molar-refractivity contribution in [3.05, 3.63) is 53.5 Å². The number of amides is 1. The van der Waals surface area contributed by atoms with Crippen LogP contribution in [-0.4, -0.2) is 59.3 Å². The third kappa shape index (κ3) is 6.26. The molecule has 1 amide bonds. The number of allylic oxidation sites excluding steroid dienone is 2. The lowest BCUT2D eigenvalue weighted by molar-refractivity contribution is -0.111. The predicted octanol–water partition coefficient (Wildman–Crippen LogP) is 4.34. The summed E-state index contributed by atoms with van der Waals surface area (Å²) < 4.78 is 0. The molecule has 2 heterocycles. The number of benzene rings is 1. The Bertz CT molecular complexity index is 992. The van der Waals surface area contributed by atoms with Gasteiger partial charge in [-0.25, -0.2) is 9.97 Å². The highest BCUT2D eigenvalue weighted by Crippen LogP contribution is 2.24. The number of aromatic nitrogens is 2. The van der Waals surface area contributed by atoms with Crippen molar-refractivity contribution in [3.8, 4) is 0 Å².